The van der Waals surface area contributed by atoms with Crippen molar-refractivity contribution < 1.29 is 19.4 Å². The molecule has 0 bridgehead atoms. The summed E-state index contributed by atoms with van der Waals surface area (Å²) in [5.74, 6) is 0.660. The van der Waals surface area contributed by atoms with Gasteiger partial charge in [-0.3, -0.25) is 4.79 Å². The highest BCUT2D eigenvalue weighted by Crippen LogP contribution is 2.28. The second-order valence-corrected chi connectivity index (χ2v) is 5.43. The lowest BCUT2D eigenvalue weighted by Crippen LogP contribution is -2.25. The SMILES string of the molecule is CCOc1cccc(C=NNC(=O)COc2c(C)cccc2C)c1O. The van der Waals surface area contributed by atoms with E-state index in [1.165, 1.54) is 6.21 Å². The van der Waals surface area contributed by atoms with Crippen LogP contribution in [0.3, 0.4) is 0 Å². The predicted octanol–water partition coefficient (Wildman–Crippen LogP) is 2.94. The Kier molecular flexibility index (Phi) is 6.39. The Balaban J connectivity index is 1.92. The van der Waals surface area contributed by atoms with Crippen molar-refractivity contribution in [3.05, 3.63) is 53.1 Å². The van der Waals surface area contributed by atoms with E-state index < -0.39 is 0 Å². The normalized spacial score (nSPS) is 10.7. The molecule has 0 saturated heterocycles. The van der Waals surface area contributed by atoms with Gasteiger partial charge in [0.05, 0.1) is 12.8 Å². The van der Waals surface area contributed by atoms with E-state index in [-0.39, 0.29) is 18.3 Å². The Labute approximate surface area is 147 Å². The van der Waals surface area contributed by atoms with Crippen molar-refractivity contribution in [1.82, 2.24) is 5.43 Å². The van der Waals surface area contributed by atoms with Crippen molar-refractivity contribution >= 4 is 12.1 Å². The van der Waals surface area contributed by atoms with Crippen molar-refractivity contribution in [2.24, 2.45) is 5.10 Å². The fourth-order valence-electron chi connectivity index (χ4n) is 2.29. The fraction of sp³-hybridized carbons (Fsp3) is 0.263. The third-order valence-electron chi connectivity index (χ3n) is 3.48. The Morgan fingerprint density at radius 1 is 1.16 bits per heavy atom. The Morgan fingerprint density at radius 3 is 2.52 bits per heavy atom. The lowest BCUT2D eigenvalue weighted by Gasteiger charge is -2.10. The number of carbonyl (C=O) groups excluding carboxylic acids is 1. The van der Waals surface area contributed by atoms with Crippen LogP contribution in [0.1, 0.15) is 23.6 Å². The maximum atomic E-state index is 11.8. The smallest absolute Gasteiger partial charge is 0.277 e. The Hall–Kier alpha value is -3.02. The van der Waals surface area contributed by atoms with Crippen LogP contribution in [-0.2, 0) is 4.79 Å². The second-order valence-electron chi connectivity index (χ2n) is 5.43. The van der Waals surface area contributed by atoms with Crippen molar-refractivity contribution in [3.63, 3.8) is 0 Å². The van der Waals surface area contributed by atoms with Gasteiger partial charge < -0.3 is 14.6 Å². The largest absolute Gasteiger partial charge is 0.504 e. The molecule has 1 amide bonds. The number of hydrazone groups is 1. The molecule has 132 valence electrons. The molecular formula is C19H22N2O4. The van der Waals surface area contributed by atoms with Crippen LogP contribution in [0.5, 0.6) is 17.2 Å². The lowest BCUT2D eigenvalue weighted by molar-refractivity contribution is -0.123. The lowest BCUT2D eigenvalue weighted by atomic mass is 10.1. The van der Waals surface area contributed by atoms with E-state index in [0.717, 1.165) is 11.1 Å². The van der Waals surface area contributed by atoms with Gasteiger partial charge in [-0.05, 0) is 44.0 Å². The van der Waals surface area contributed by atoms with Gasteiger partial charge in [0.25, 0.3) is 5.91 Å². The monoisotopic (exact) mass is 342 g/mol. The molecule has 0 unspecified atom stereocenters. The van der Waals surface area contributed by atoms with E-state index in [1.807, 2.05) is 39.0 Å². The minimum Gasteiger partial charge on any atom is -0.504 e. The molecule has 2 N–H and O–H groups in total. The topological polar surface area (TPSA) is 80.2 Å². The summed E-state index contributed by atoms with van der Waals surface area (Å²) < 4.78 is 10.8. The number of aryl methyl sites for hydroxylation is 2. The van der Waals surface area contributed by atoms with Gasteiger partial charge in [0.15, 0.2) is 18.1 Å². The number of aromatic hydroxyl groups is 1. The molecule has 2 rings (SSSR count). The van der Waals surface area contributed by atoms with Gasteiger partial charge in [-0.2, -0.15) is 5.10 Å². The maximum Gasteiger partial charge on any atom is 0.277 e. The van der Waals surface area contributed by atoms with Gasteiger partial charge in [0.2, 0.25) is 0 Å². The number of para-hydroxylation sites is 2. The second kappa shape index (κ2) is 8.73. The molecule has 0 aliphatic rings. The Bertz CT molecular complexity index is 752. The van der Waals surface area contributed by atoms with E-state index in [0.29, 0.717) is 23.7 Å². The van der Waals surface area contributed by atoms with Crippen LogP contribution in [0.25, 0.3) is 0 Å². The minimum atomic E-state index is -0.389. The molecule has 0 atom stereocenters. The number of rotatable bonds is 7. The number of phenols is 1. The van der Waals surface area contributed by atoms with Crippen LogP contribution in [0.2, 0.25) is 0 Å². The molecule has 0 spiro atoms. The van der Waals surface area contributed by atoms with Gasteiger partial charge in [-0.25, -0.2) is 5.43 Å². The van der Waals surface area contributed by atoms with E-state index >= 15 is 0 Å². The first-order chi connectivity index (χ1) is 12.0. The molecular weight excluding hydrogens is 320 g/mol. The third kappa shape index (κ3) is 4.97. The highest BCUT2D eigenvalue weighted by Gasteiger charge is 2.08. The molecule has 0 aliphatic carbocycles. The van der Waals surface area contributed by atoms with E-state index in [2.05, 4.69) is 10.5 Å². The molecule has 0 fully saturated rings. The van der Waals surface area contributed by atoms with Crippen molar-refractivity contribution in [3.8, 4) is 17.2 Å². The number of nitrogens with one attached hydrogen (secondary N) is 1. The first-order valence-corrected chi connectivity index (χ1v) is 7.98. The summed E-state index contributed by atoms with van der Waals surface area (Å²) >= 11 is 0. The first-order valence-electron chi connectivity index (χ1n) is 7.98. The predicted molar refractivity (Wildman–Crippen MR) is 96.4 cm³/mol. The zero-order chi connectivity index (χ0) is 18.2. The number of amides is 1. The average molecular weight is 342 g/mol. The number of nitrogens with zero attached hydrogens (tertiary/aromatic N) is 1. The quantitative estimate of drug-likeness (QED) is 0.599. The van der Waals surface area contributed by atoms with Crippen LogP contribution < -0.4 is 14.9 Å². The number of phenolic OH excluding ortho intramolecular Hbond substituents is 1. The standard InChI is InChI=1S/C19H22N2O4/c1-4-24-16-10-6-9-15(18(16)23)11-20-21-17(22)12-25-19-13(2)7-5-8-14(19)3/h5-11,23H,4,12H2,1-3H3,(H,21,22). The summed E-state index contributed by atoms with van der Waals surface area (Å²) in [5.41, 5.74) is 4.75. The van der Waals surface area contributed by atoms with Gasteiger partial charge in [-0.1, -0.05) is 24.3 Å². The highest BCUT2D eigenvalue weighted by molar-refractivity contribution is 5.86. The number of hydrogen-bond donors (Lipinski definition) is 2. The molecule has 2 aromatic rings. The Morgan fingerprint density at radius 2 is 1.84 bits per heavy atom. The third-order valence-corrected chi connectivity index (χ3v) is 3.48. The number of ether oxygens (including phenoxy) is 2. The zero-order valence-corrected chi connectivity index (χ0v) is 14.6. The van der Waals surface area contributed by atoms with Gasteiger partial charge in [-0.15, -0.1) is 0 Å². The zero-order valence-electron chi connectivity index (χ0n) is 14.6. The maximum absolute atomic E-state index is 11.8. The summed E-state index contributed by atoms with van der Waals surface area (Å²) in [6, 6.07) is 10.8. The molecule has 0 heterocycles. The van der Waals surface area contributed by atoms with Crippen LogP contribution in [0.15, 0.2) is 41.5 Å². The fourth-order valence-corrected chi connectivity index (χ4v) is 2.29. The summed E-state index contributed by atoms with van der Waals surface area (Å²) in [5, 5.41) is 13.9. The average Bonchev–Trinajstić information content (AvgIpc) is 2.58. The van der Waals surface area contributed by atoms with Crippen LogP contribution >= 0.6 is 0 Å². The molecule has 2 aromatic carbocycles. The molecule has 0 saturated carbocycles. The molecule has 6 heteroatoms. The highest BCUT2D eigenvalue weighted by atomic mass is 16.5. The van der Waals surface area contributed by atoms with Gasteiger partial charge in [0.1, 0.15) is 5.75 Å². The van der Waals surface area contributed by atoms with E-state index in [9.17, 15) is 9.90 Å². The summed E-state index contributed by atoms with van der Waals surface area (Å²) in [6.07, 6.45) is 1.36. The summed E-state index contributed by atoms with van der Waals surface area (Å²) in [7, 11) is 0. The molecule has 0 radical (unpaired) electrons. The van der Waals surface area contributed by atoms with Gasteiger partial charge >= 0.3 is 0 Å². The van der Waals surface area contributed by atoms with Crippen LogP contribution in [-0.4, -0.2) is 30.4 Å². The van der Waals surface area contributed by atoms with E-state index in [4.69, 9.17) is 9.47 Å². The molecule has 0 aliphatic heterocycles. The molecule has 25 heavy (non-hydrogen) atoms. The van der Waals surface area contributed by atoms with Crippen LogP contribution in [0.4, 0.5) is 0 Å². The van der Waals surface area contributed by atoms with Crippen molar-refractivity contribution in [2.75, 3.05) is 13.2 Å². The number of carbonyl (C=O) groups is 1. The summed E-state index contributed by atoms with van der Waals surface area (Å²) in [4.78, 5) is 11.8. The van der Waals surface area contributed by atoms with Crippen molar-refractivity contribution in [2.45, 2.75) is 20.8 Å². The minimum absolute atomic E-state index is 0.0193. The first kappa shape index (κ1) is 18.3. The van der Waals surface area contributed by atoms with Crippen molar-refractivity contribution in [1.29, 1.82) is 0 Å². The number of hydrogen-bond acceptors (Lipinski definition) is 5. The van der Waals surface area contributed by atoms with Crippen LogP contribution in [0, 0.1) is 13.8 Å². The molecule has 0 aromatic heterocycles. The number of benzene rings is 2. The summed E-state index contributed by atoms with van der Waals surface area (Å²) in [6.45, 7) is 5.98. The molecule has 6 nitrogen and oxygen atoms in total. The van der Waals surface area contributed by atoms with E-state index in [1.54, 1.807) is 18.2 Å². The van der Waals surface area contributed by atoms with Gasteiger partial charge in [0, 0.05) is 5.56 Å².